The average Bonchev–Trinajstić information content (AvgIpc) is 2.27. The molecule has 100 valence electrons. The Kier molecular flexibility index (Phi) is 7.54. The normalized spacial score (nSPS) is 10.8. The summed E-state index contributed by atoms with van der Waals surface area (Å²) in [7, 11) is 3.13. The smallest absolute Gasteiger partial charge is 0.319 e. The van der Waals surface area contributed by atoms with Gasteiger partial charge in [-0.05, 0) is 26.8 Å². The fourth-order valence-electron chi connectivity index (χ4n) is 1.37. The first kappa shape index (κ1) is 15.9. The summed E-state index contributed by atoms with van der Waals surface area (Å²) in [6, 6.07) is 0.170. The third kappa shape index (κ3) is 6.26. The summed E-state index contributed by atoms with van der Waals surface area (Å²) in [5, 5.41) is 0. The standard InChI is InChI=1S/C12H24N2O3/c1-6-7-14(9-12(16)17-5)8-11(15)13(4)10(2)3/h10H,6-9H2,1-5H3. The minimum Gasteiger partial charge on any atom is -0.468 e. The molecular weight excluding hydrogens is 220 g/mol. The number of ether oxygens (including phenoxy) is 1. The number of likely N-dealkylation sites (N-methyl/N-ethyl adjacent to an activating group) is 1. The van der Waals surface area contributed by atoms with Crippen LogP contribution >= 0.6 is 0 Å². The van der Waals surface area contributed by atoms with Gasteiger partial charge in [0.05, 0.1) is 20.2 Å². The fraction of sp³-hybridized carbons (Fsp3) is 0.833. The van der Waals surface area contributed by atoms with Gasteiger partial charge in [0.1, 0.15) is 0 Å². The van der Waals surface area contributed by atoms with Crippen LogP contribution in [0.15, 0.2) is 0 Å². The van der Waals surface area contributed by atoms with E-state index in [2.05, 4.69) is 4.74 Å². The van der Waals surface area contributed by atoms with Crippen molar-refractivity contribution in [3.8, 4) is 0 Å². The molecule has 0 aliphatic heterocycles. The molecule has 0 aromatic heterocycles. The van der Waals surface area contributed by atoms with E-state index in [1.165, 1.54) is 7.11 Å². The molecule has 0 aromatic rings. The average molecular weight is 244 g/mol. The van der Waals surface area contributed by atoms with Gasteiger partial charge in [-0.1, -0.05) is 6.92 Å². The van der Waals surface area contributed by atoms with Crippen molar-refractivity contribution in [2.75, 3.05) is 33.8 Å². The lowest BCUT2D eigenvalue weighted by molar-refractivity contribution is -0.143. The summed E-state index contributed by atoms with van der Waals surface area (Å²) in [4.78, 5) is 26.6. The quantitative estimate of drug-likeness (QED) is 0.620. The molecule has 0 saturated heterocycles. The summed E-state index contributed by atoms with van der Waals surface area (Å²) in [5.41, 5.74) is 0. The third-order valence-electron chi connectivity index (χ3n) is 2.65. The van der Waals surface area contributed by atoms with Crippen LogP contribution in [0, 0.1) is 0 Å². The van der Waals surface area contributed by atoms with Gasteiger partial charge in [0, 0.05) is 13.1 Å². The van der Waals surface area contributed by atoms with Crippen LogP contribution in [0.25, 0.3) is 0 Å². The number of rotatable bonds is 7. The van der Waals surface area contributed by atoms with E-state index in [-0.39, 0.29) is 31.0 Å². The minimum atomic E-state index is -0.307. The molecule has 0 aliphatic carbocycles. The van der Waals surface area contributed by atoms with Gasteiger partial charge in [0.25, 0.3) is 0 Å². The van der Waals surface area contributed by atoms with Crippen molar-refractivity contribution in [3.63, 3.8) is 0 Å². The molecule has 0 spiro atoms. The number of hydrogen-bond donors (Lipinski definition) is 0. The highest BCUT2D eigenvalue weighted by atomic mass is 16.5. The predicted octanol–water partition coefficient (Wildman–Crippen LogP) is 0.738. The lowest BCUT2D eigenvalue weighted by Crippen LogP contribution is -2.43. The van der Waals surface area contributed by atoms with Crippen molar-refractivity contribution in [1.82, 2.24) is 9.80 Å². The van der Waals surface area contributed by atoms with E-state index in [1.807, 2.05) is 25.7 Å². The van der Waals surface area contributed by atoms with Crippen LogP contribution in [0.2, 0.25) is 0 Å². The molecule has 0 atom stereocenters. The molecule has 0 rings (SSSR count). The molecule has 0 heterocycles. The first-order valence-corrected chi connectivity index (χ1v) is 5.97. The lowest BCUT2D eigenvalue weighted by atomic mass is 10.3. The SMILES string of the molecule is CCCN(CC(=O)OC)CC(=O)N(C)C(C)C. The van der Waals surface area contributed by atoms with Gasteiger partial charge in [0.15, 0.2) is 0 Å². The molecule has 0 bridgehead atoms. The first-order valence-electron chi connectivity index (χ1n) is 5.97. The summed E-state index contributed by atoms with van der Waals surface area (Å²) in [5.74, 6) is -0.282. The maximum absolute atomic E-state index is 11.9. The largest absolute Gasteiger partial charge is 0.468 e. The molecule has 0 aliphatic rings. The van der Waals surface area contributed by atoms with Gasteiger partial charge in [0.2, 0.25) is 5.91 Å². The van der Waals surface area contributed by atoms with E-state index in [0.717, 1.165) is 6.42 Å². The summed E-state index contributed by atoms with van der Waals surface area (Å²) < 4.78 is 4.61. The second kappa shape index (κ2) is 8.06. The monoisotopic (exact) mass is 244 g/mol. The van der Waals surface area contributed by atoms with E-state index >= 15 is 0 Å². The van der Waals surface area contributed by atoms with Gasteiger partial charge in [-0.3, -0.25) is 14.5 Å². The molecule has 0 unspecified atom stereocenters. The molecular formula is C12H24N2O3. The van der Waals surface area contributed by atoms with Gasteiger partial charge < -0.3 is 9.64 Å². The highest BCUT2D eigenvalue weighted by Crippen LogP contribution is 1.99. The third-order valence-corrected chi connectivity index (χ3v) is 2.65. The number of carbonyl (C=O) groups is 2. The minimum absolute atomic E-state index is 0.0253. The van der Waals surface area contributed by atoms with Crippen LogP contribution in [-0.2, 0) is 14.3 Å². The predicted molar refractivity (Wildman–Crippen MR) is 66.7 cm³/mol. The molecule has 1 amide bonds. The summed E-state index contributed by atoms with van der Waals surface area (Å²) in [6.07, 6.45) is 0.898. The van der Waals surface area contributed by atoms with Crippen LogP contribution in [0.1, 0.15) is 27.2 Å². The number of nitrogens with zero attached hydrogens (tertiary/aromatic N) is 2. The summed E-state index contributed by atoms with van der Waals surface area (Å²) in [6.45, 7) is 7.08. The molecule has 0 N–H and O–H groups in total. The number of methoxy groups -OCH3 is 1. The van der Waals surface area contributed by atoms with Crippen molar-refractivity contribution in [2.45, 2.75) is 33.2 Å². The van der Waals surface area contributed by atoms with E-state index < -0.39 is 0 Å². The molecule has 0 fully saturated rings. The van der Waals surface area contributed by atoms with Crippen LogP contribution in [-0.4, -0.2) is 61.5 Å². The van der Waals surface area contributed by atoms with Crippen LogP contribution in [0.5, 0.6) is 0 Å². The van der Waals surface area contributed by atoms with Gasteiger partial charge in [-0.2, -0.15) is 0 Å². The number of hydrogen-bond acceptors (Lipinski definition) is 4. The second-order valence-electron chi connectivity index (χ2n) is 4.39. The second-order valence-corrected chi connectivity index (χ2v) is 4.39. The van der Waals surface area contributed by atoms with Crippen LogP contribution in [0.3, 0.4) is 0 Å². The Morgan fingerprint density at radius 3 is 2.24 bits per heavy atom. The van der Waals surface area contributed by atoms with Crippen molar-refractivity contribution in [3.05, 3.63) is 0 Å². The number of carbonyl (C=O) groups excluding carboxylic acids is 2. The molecule has 5 heteroatoms. The molecule has 0 saturated carbocycles. The van der Waals surface area contributed by atoms with Crippen molar-refractivity contribution in [2.24, 2.45) is 0 Å². The van der Waals surface area contributed by atoms with E-state index in [9.17, 15) is 9.59 Å². The Morgan fingerprint density at radius 2 is 1.82 bits per heavy atom. The Morgan fingerprint density at radius 1 is 1.24 bits per heavy atom. The number of esters is 1. The van der Waals surface area contributed by atoms with Crippen molar-refractivity contribution >= 4 is 11.9 Å². The van der Waals surface area contributed by atoms with Gasteiger partial charge in [-0.25, -0.2) is 0 Å². The zero-order valence-electron chi connectivity index (χ0n) is 11.5. The molecule has 5 nitrogen and oxygen atoms in total. The van der Waals surface area contributed by atoms with Crippen molar-refractivity contribution in [1.29, 1.82) is 0 Å². The fourth-order valence-corrected chi connectivity index (χ4v) is 1.37. The molecule has 0 aromatic carbocycles. The molecule has 0 radical (unpaired) electrons. The van der Waals surface area contributed by atoms with Crippen molar-refractivity contribution < 1.29 is 14.3 Å². The van der Waals surface area contributed by atoms with Gasteiger partial charge >= 0.3 is 5.97 Å². The highest BCUT2D eigenvalue weighted by molar-refractivity contribution is 5.79. The highest BCUT2D eigenvalue weighted by Gasteiger charge is 2.18. The Balaban J connectivity index is 4.33. The summed E-state index contributed by atoms with van der Waals surface area (Å²) >= 11 is 0. The number of amides is 1. The maximum Gasteiger partial charge on any atom is 0.319 e. The Hall–Kier alpha value is -1.10. The lowest BCUT2D eigenvalue weighted by Gasteiger charge is -2.26. The van der Waals surface area contributed by atoms with Gasteiger partial charge in [-0.15, -0.1) is 0 Å². The van der Waals surface area contributed by atoms with E-state index in [4.69, 9.17) is 0 Å². The zero-order valence-corrected chi connectivity index (χ0v) is 11.5. The topological polar surface area (TPSA) is 49.9 Å². The maximum atomic E-state index is 11.9. The first-order chi connectivity index (χ1) is 7.92. The van der Waals surface area contributed by atoms with Crippen LogP contribution in [0.4, 0.5) is 0 Å². The van der Waals surface area contributed by atoms with E-state index in [1.54, 1.807) is 11.9 Å². The van der Waals surface area contributed by atoms with Crippen LogP contribution < -0.4 is 0 Å². The van der Waals surface area contributed by atoms with E-state index in [0.29, 0.717) is 6.54 Å². The zero-order chi connectivity index (χ0) is 13.4. The molecule has 17 heavy (non-hydrogen) atoms. The Labute approximate surface area is 104 Å². The Bertz CT molecular complexity index is 254.